The average molecular weight is 357 g/mol. The van der Waals surface area contributed by atoms with Crippen molar-refractivity contribution in [2.45, 2.75) is 0 Å². The first-order valence-corrected chi connectivity index (χ1v) is 7.42. The number of esters is 1. The van der Waals surface area contributed by atoms with Crippen LogP contribution in [0.25, 0.3) is 0 Å². The standard InChI is InChI=1S/C14H10ClFN2O4S/c1-22-13(20)11-9(5-6-23-11)17-14(21)18-12(19)10-7(15)3-2-4-8(10)16/h2-6H,1H3,(H2,17,18,19,21). The van der Waals surface area contributed by atoms with E-state index in [0.29, 0.717) is 0 Å². The summed E-state index contributed by atoms with van der Waals surface area (Å²) in [4.78, 5) is 35.4. The lowest BCUT2D eigenvalue weighted by atomic mass is 10.2. The predicted molar refractivity (Wildman–Crippen MR) is 83.6 cm³/mol. The summed E-state index contributed by atoms with van der Waals surface area (Å²) in [6.45, 7) is 0. The van der Waals surface area contributed by atoms with Gasteiger partial charge in [-0.3, -0.25) is 10.1 Å². The first-order chi connectivity index (χ1) is 10.9. The SMILES string of the molecule is COC(=O)c1sccc1NC(=O)NC(=O)c1c(F)cccc1Cl. The van der Waals surface area contributed by atoms with Crippen LogP contribution in [0.3, 0.4) is 0 Å². The quantitative estimate of drug-likeness (QED) is 0.826. The van der Waals surface area contributed by atoms with Crippen LogP contribution in [-0.2, 0) is 4.74 Å². The van der Waals surface area contributed by atoms with Crippen LogP contribution in [0.2, 0.25) is 5.02 Å². The molecule has 2 N–H and O–H groups in total. The zero-order valence-corrected chi connectivity index (χ0v) is 13.3. The number of anilines is 1. The van der Waals surface area contributed by atoms with E-state index in [-0.39, 0.29) is 15.6 Å². The molecule has 9 heteroatoms. The van der Waals surface area contributed by atoms with Gasteiger partial charge in [-0.1, -0.05) is 17.7 Å². The number of thiophene rings is 1. The number of ether oxygens (including phenoxy) is 1. The summed E-state index contributed by atoms with van der Waals surface area (Å²) in [7, 11) is 1.20. The molecule has 120 valence electrons. The minimum absolute atomic E-state index is 0.124. The average Bonchev–Trinajstić information content (AvgIpc) is 2.94. The number of hydrogen-bond donors (Lipinski definition) is 2. The van der Waals surface area contributed by atoms with Crippen molar-refractivity contribution in [2.75, 3.05) is 12.4 Å². The minimum Gasteiger partial charge on any atom is -0.465 e. The Kier molecular flexibility index (Phi) is 5.30. The first kappa shape index (κ1) is 16.9. The van der Waals surface area contributed by atoms with Crippen molar-refractivity contribution >= 4 is 46.5 Å². The van der Waals surface area contributed by atoms with E-state index in [1.165, 1.54) is 25.3 Å². The van der Waals surface area contributed by atoms with E-state index in [0.717, 1.165) is 17.4 Å². The number of halogens is 2. The Hall–Kier alpha value is -2.45. The van der Waals surface area contributed by atoms with Gasteiger partial charge in [-0.05, 0) is 23.6 Å². The van der Waals surface area contributed by atoms with Crippen molar-refractivity contribution in [1.82, 2.24) is 5.32 Å². The lowest BCUT2D eigenvalue weighted by molar-refractivity contribution is 0.0607. The highest BCUT2D eigenvalue weighted by molar-refractivity contribution is 7.12. The van der Waals surface area contributed by atoms with Gasteiger partial charge in [0.25, 0.3) is 5.91 Å². The number of amides is 3. The molecular weight excluding hydrogens is 347 g/mol. The third-order valence-corrected chi connectivity index (χ3v) is 3.91. The molecule has 23 heavy (non-hydrogen) atoms. The number of nitrogens with one attached hydrogen (secondary N) is 2. The van der Waals surface area contributed by atoms with E-state index in [9.17, 15) is 18.8 Å². The summed E-state index contributed by atoms with van der Waals surface area (Å²) in [6.07, 6.45) is 0. The first-order valence-electron chi connectivity index (χ1n) is 6.16. The second kappa shape index (κ2) is 7.21. The van der Waals surface area contributed by atoms with E-state index in [4.69, 9.17) is 11.6 Å². The molecule has 3 amide bonds. The highest BCUT2D eigenvalue weighted by Gasteiger charge is 2.20. The smallest absolute Gasteiger partial charge is 0.350 e. The van der Waals surface area contributed by atoms with Crippen LogP contribution >= 0.6 is 22.9 Å². The number of carbonyl (C=O) groups is 3. The fourth-order valence-electron chi connectivity index (χ4n) is 1.69. The highest BCUT2D eigenvalue weighted by atomic mass is 35.5. The van der Waals surface area contributed by atoms with Crippen molar-refractivity contribution in [2.24, 2.45) is 0 Å². The monoisotopic (exact) mass is 356 g/mol. The van der Waals surface area contributed by atoms with E-state index < -0.39 is 29.3 Å². The number of urea groups is 1. The predicted octanol–water partition coefficient (Wildman–Crippen LogP) is 3.29. The number of carbonyl (C=O) groups excluding carboxylic acids is 3. The molecule has 1 heterocycles. The van der Waals surface area contributed by atoms with Crippen molar-refractivity contribution in [1.29, 1.82) is 0 Å². The molecule has 0 radical (unpaired) electrons. The molecule has 1 aromatic carbocycles. The Bertz CT molecular complexity index is 758. The van der Waals surface area contributed by atoms with Crippen LogP contribution in [0.5, 0.6) is 0 Å². The second-order valence-electron chi connectivity index (χ2n) is 4.16. The van der Waals surface area contributed by atoms with E-state index in [1.54, 1.807) is 5.38 Å². The molecule has 1 aromatic heterocycles. The van der Waals surface area contributed by atoms with Crippen LogP contribution < -0.4 is 10.6 Å². The largest absolute Gasteiger partial charge is 0.465 e. The van der Waals surface area contributed by atoms with Gasteiger partial charge in [0.2, 0.25) is 0 Å². The van der Waals surface area contributed by atoms with Crippen LogP contribution in [0.1, 0.15) is 20.0 Å². The van der Waals surface area contributed by atoms with Gasteiger partial charge in [0, 0.05) is 0 Å². The van der Waals surface area contributed by atoms with Crippen molar-refractivity contribution < 1.29 is 23.5 Å². The Labute approximate surface area is 139 Å². The molecule has 6 nitrogen and oxygen atoms in total. The van der Waals surface area contributed by atoms with Gasteiger partial charge >= 0.3 is 12.0 Å². The van der Waals surface area contributed by atoms with Gasteiger partial charge in [-0.2, -0.15) is 0 Å². The summed E-state index contributed by atoms with van der Waals surface area (Å²) in [5, 5.41) is 5.70. The van der Waals surface area contributed by atoms with Crippen molar-refractivity contribution in [3.05, 3.63) is 50.9 Å². The number of imide groups is 1. The molecule has 2 aromatic rings. The molecule has 0 saturated heterocycles. The Morgan fingerprint density at radius 1 is 1.26 bits per heavy atom. The van der Waals surface area contributed by atoms with E-state index in [2.05, 4.69) is 10.1 Å². The third kappa shape index (κ3) is 3.85. The number of methoxy groups -OCH3 is 1. The normalized spacial score (nSPS) is 10.0. The van der Waals surface area contributed by atoms with Crippen LogP contribution in [0.15, 0.2) is 29.6 Å². The Balaban J connectivity index is 2.10. The summed E-state index contributed by atoms with van der Waals surface area (Å²) in [6, 6.07) is 4.25. The molecule has 2 rings (SSSR count). The Morgan fingerprint density at radius 2 is 2.00 bits per heavy atom. The molecule has 0 spiro atoms. The number of benzene rings is 1. The van der Waals surface area contributed by atoms with Gasteiger partial charge in [0.15, 0.2) is 0 Å². The van der Waals surface area contributed by atoms with Crippen LogP contribution in [0, 0.1) is 5.82 Å². The van der Waals surface area contributed by atoms with Gasteiger partial charge in [0.1, 0.15) is 10.7 Å². The fraction of sp³-hybridized carbons (Fsp3) is 0.0714. The number of rotatable bonds is 3. The molecule has 0 bridgehead atoms. The summed E-state index contributed by atoms with van der Waals surface area (Å²) < 4.78 is 18.2. The van der Waals surface area contributed by atoms with Gasteiger partial charge in [-0.25, -0.2) is 14.0 Å². The summed E-state index contributed by atoms with van der Waals surface area (Å²) >= 11 is 6.81. The molecule has 0 aliphatic carbocycles. The molecule has 0 unspecified atom stereocenters. The van der Waals surface area contributed by atoms with Crippen LogP contribution in [-0.4, -0.2) is 25.0 Å². The molecule has 0 aliphatic rings. The lowest BCUT2D eigenvalue weighted by Crippen LogP contribution is -2.35. The summed E-state index contributed by atoms with van der Waals surface area (Å²) in [5.74, 6) is -2.48. The van der Waals surface area contributed by atoms with E-state index in [1.807, 2.05) is 5.32 Å². The topological polar surface area (TPSA) is 84.5 Å². The van der Waals surface area contributed by atoms with Gasteiger partial charge in [-0.15, -0.1) is 11.3 Å². The Morgan fingerprint density at radius 3 is 2.65 bits per heavy atom. The molecule has 0 aliphatic heterocycles. The molecule has 0 saturated carbocycles. The second-order valence-corrected chi connectivity index (χ2v) is 5.48. The van der Waals surface area contributed by atoms with Crippen LogP contribution in [0.4, 0.5) is 14.9 Å². The fourth-order valence-corrected chi connectivity index (χ4v) is 2.71. The van der Waals surface area contributed by atoms with Gasteiger partial charge < -0.3 is 10.1 Å². The lowest BCUT2D eigenvalue weighted by Gasteiger charge is -2.08. The van der Waals surface area contributed by atoms with Crippen molar-refractivity contribution in [3.63, 3.8) is 0 Å². The van der Waals surface area contributed by atoms with E-state index >= 15 is 0 Å². The number of hydrogen-bond acceptors (Lipinski definition) is 5. The highest BCUT2D eigenvalue weighted by Crippen LogP contribution is 2.23. The maximum Gasteiger partial charge on any atom is 0.350 e. The maximum absolute atomic E-state index is 13.6. The zero-order chi connectivity index (χ0) is 17.0. The molecular formula is C14H10ClFN2O4S. The summed E-state index contributed by atoms with van der Waals surface area (Å²) in [5.41, 5.74) is -0.269. The van der Waals surface area contributed by atoms with Crippen molar-refractivity contribution in [3.8, 4) is 0 Å². The molecule has 0 atom stereocenters. The third-order valence-electron chi connectivity index (χ3n) is 2.70. The van der Waals surface area contributed by atoms with Gasteiger partial charge in [0.05, 0.1) is 23.4 Å². The molecule has 0 fully saturated rings. The maximum atomic E-state index is 13.6. The zero-order valence-electron chi connectivity index (χ0n) is 11.7. The minimum atomic E-state index is -1.000.